The second-order valence-electron chi connectivity index (χ2n) is 1.82. The van der Waals surface area contributed by atoms with E-state index in [-0.39, 0.29) is 0 Å². The molecular weight excluding hydrogens is 141 g/mol. The van der Waals surface area contributed by atoms with E-state index in [0.717, 1.165) is 12.1 Å². The van der Waals surface area contributed by atoms with Gasteiger partial charge in [0.15, 0.2) is 0 Å². The van der Waals surface area contributed by atoms with Crippen LogP contribution in [0.5, 0.6) is 0 Å². The fourth-order valence-electron chi connectivity index (χ4n) is 0.652. The molecule has 0 aliphatic heterocycles. The minimum absolute atomic E-state index is 0.539. The fraction of sp³-hybridized carbons (Fsp3) is 0.143. The number of rotatable bonds is 1. The minimum atomic E-state index is -2.72. The molecule has 0 radical (unpaired) electrons. The molecule has 0 saturated carbocycles. The average Bonchev–Trinajstić information content (AvgIpc) is 1.88. The Morgan fingerprint density at radius 1 is 1.10 bits per heavy atom. The third-order valence-electron chi connectivity index (χ3n) is 1.14. The molecule has 0 bridgehead atoms. The molecule has 0 aliphatic rings. The number of hydrogen-bond donors (Lipinski definition) is 0. The van der Waals surface area contributed by atoms with E-state index in [1.807, 2.05) is 0 Å². The number of benzene rings is 1. The lowest BCUT2D eigenvalue weighted by Gasteiger charge is -1.98. The van der Waals surface area contributed by atoms with Crippen molar-refractivity contribution < 1.29 is 13.2 Å². The van der Waals surface area contributed by atoms with Crippen molar-refractivity contribution in [2.45, 2.75) is 6.43 Å². The lowest BCUT2D eigenvalue weighted by Crippen LogP contribution is -1.87. The van der Waals surface area contributed by atoms with Gasteiger partial charge < -0.3 is 0 Å². The van der Waals surface area contributed by atoms with Crippen LogP contribution in [-0.2, 0) is 0 Å². The zero-order valence-corrected chi connectivity index (χ0v) is 5.02. The molecule has 0 heterocycles. The van der Waals surface area contributed by atoms with Gasteiger partial charge in [0.05, 0.1) is 5.56 Å². The normalized spacial score (nSPS) is 10.4. The zero-order chi connectivity index (χ0) is 7.56. The third kappa shape index (κ3) is 1.29. The SMILES string of the molecule is Fc1ccccc1C(F)F. The Morgan fingerprint density at radius 3 is 2.10 bits per heavy atom. The first-order valence-corrected chi connectivity index (χ1v) is 2.74. The Morgan fingerprint density at radius 2 is 1.70 bits per heavy atom. The van der Waals surface area contributed by atoms with Crippen LogP contribution in [0.1, 0.15) is 12.0 Å². The van der Waals surface area contributed by atoms with E-state index in [9.17, 15) is 13.2 Å². The topological polar surface area (TPSA) is 0 Å². The third-order valence-corrected chi connectivity index (χ3v) is 1.14. The molecule has 1 aromatic rings. The summed E-state index contributed by atoms with van der Waals surface area (Å²) in [4.78, 5) is 0. The van der Waals surface area contributed by atoms with Gasteiger partial charge in [-0.25, -0.2) is 13.2 Å². The first-order valence-electron chi connectivity index (χ1n) is 2.74. The molecule has 0 fully saturated rings. The molecule has 0 nitrogen and oxygen atoms in total. The van der Waals surface area contributed by atoms with Crippen molar-refractivity contribution >= 4 is 0 Å². The summed E-state index contributed by atoms with van der Waals surface area (Å²) in [7, 11) is 0. The van der Waals surface area contributed by atoms with Crippen molar-refractivity contribution in [2.24, 2.45) is 0 Å². The monoisotopic (exact) mass is 146 g/mol. The highest BCUT2D eigenvalue weighted by Crippen LogP contribution is 2.20. The number of hydrogen-bond acceptors (Lipinski definition) is 0. The number of halogens is 3. The Bertz CT molecular complexity index is 220. The summed E-state index contributed by atoms with van der Waals surface area (Å²) in [5.41, 5.74) is -0.539. The van der Waals surface area contributed by atoms with E-state index in [1.54, 1.807) is 0 Å². The largest absolute Gasteiger partial charge is 0.266 e. The molecule has 0 spiro atoms. The molecular formula is C7H5F3. The van der Waals surface area contributed by atoms with Crippen LogP contribution in [0.25, 0.3) is 0 Å². The van der Waals surface area contributed by atoms with Gasteiger partial charge >= 0.3 is 0 Å². The maximum Gasteiger partial charge on any atom is 0.266 e. The Kier molecular flexibility index (Phi) is 1.94. The molecule has 1 aromatic carbocycles. The molecule has 0 atom stereocenters. The fourth-order valence-corrected chi connectivity index (χ4v) is 0.652. The van der Waals surface area contributed by atoms with E-state index in [0.29, 0.717) is 0 Å². The summed E-state index contributed by atoms with van der Waals surface area (Å²) in [6, 6.07) is 4.84. The molecule has 0 unspecified atom stereocenters. The van der Waals surface area contributed by atoms with Gasteiger partial charge in [-0.3, -0.25) is 0 Å². The highest BCUT2D eigenvalue weighted by molar-refractivity contribution is 5.17. The van der Waals surface area contributed by atoms with Crippen LogP contribution in [0.4, 0.5) is 13.2 Å². The van der Waals surface area contributed by atoms with Gasteiger partial charge in [0.2, 0.25) is 0 Å². The Labute approximate surface area is 56.3 Å². The molecule has 10 heavy (non-hydrogen) atoms. The van der Waals surface area contributed by atoms with Crippen molar-refractivity contribution in [1.82, 2.24) is 0 Å². The molecule has 1 rings (SSSR count). The van der Waals surface area contributed by atoms with Gasteiger partial charge in [-0.2, -0.15) is 0 Å². The second-order valence-corrected chi connectivity index (χ2v) is 1.82. The van der Waals surface area contributed by atoms with E-state index >= 15 is 0 Å². The lowest BCUT2D eigenvalue weighted by molar-refractivity contribution is 0.146. The summed E-state index contributed by atoms with van der Waals surface area (Å²) >= 11 is 0. The Balaban J connectivity index is 3.03. The van der Waals surface area contributed by atoms with Crippen molar-refractivity contribution in [3.05, 3.63) is 35.6 Å². The molecule has 54 valence electrons. The maximum absolute atomic E-state index is 12.4. The summed E-state index contributed by atoms with van der Waals surface area (Å²) in [5.74, 6) is -0.850. The van der Waals surface area contributed by atoms with E-state index in [1.165, 1.54) is 12.1 Å². The van der Waals surface area contributed by atoms with Crippen LogP contribution in [0.15, 0.2) is 24.3 Å². The molecule has 0 aromatic heterocycles. The quantitative estimate of drug-likeness (QED) is 0.571. The van der Waals surface area contributed by atoms with E-state index in [4.69, 9.17) is 0 Å². The molecule has 3 heteroatoms. The predicted octanol–water partition coefficient (Wildman–Crippen LogP) is 2.76. The first kappa shape index (κ1) is 7.12. The van der Waals surface area contributed by atoms with Crippen LogP contribution >= 0.6 is 0 Å². The molecule has 0 N–H and O–H groups in total. The minimum Gasteiger partial charge on any atom is -0.206 e. The van der Waals surface area contributed by atoms with Gasteiger partial charge in [-0.1, -0.05) is 18.2 Å². The predicted molar refractivity (Wildman–Crippen MR) is 31.4 cm³/mol. The maximum atomic E-state index is 12.4. The highest BCUT2D eigenvalue weighted by Gasteiger charge is 2.10. The molecule has 0 amide bonds. The van der Waals surface area contributed by atoms with Crippen LogP contribution in [-0.4, -0.2) is 0 Å². The lowest BCUT2D eigenvalue weighted by atomic mass is 10.2. The summed E-state index contributed by atoms with van der Waals surface area (Å²) in [5, 5.41) is 0. The first-order chi connectivity index (χ1) is 4.72. The molecule has 0 saturated heterocycles. The van der Waals surface area contributed by atoms with Crippen LogP contribution in [0.3, 0.4) is 0 Å². The summed E-state index contributed by atoms with van der Waals surface area (Å²) in [6.07, 6.45) is -2.72. The smallest absolute Gasteiger partial charge is 0.206 e. The highest BCUT2D eigenvalue weighted by atomic mass is 19.3. The van der Waals surface area contributed by atoms with Crippen molar-refractivity contribution in [1.29, 1.82) is 0 Å². The van der Waals surface area contributed by atoms with Gasteiger partial charge in [0.25, 0.3) is 6.43 Å². The second kappa shape index (κ2) is 2.73. The van der Waals surface area contributed by atoms with Gasteiger partial charge in [0, 0.05) is 0 Å². The standard InChI is InChI=1S/C7H5F3/c8-6-4-2-1-3-5(6)7(9)10/h1-4,7H. The zero-order valence-electron chi connectivity index (χ0n) is 5.02. The van der Waals surface area contributed by atoms with Crippen LogP contribution in [0, 0.1) is 5.82 Å². The van der Waals surface area contributed by atoms with Gasteiger partial charge in [-0.05, 0) is 6.07 Å². The Hall–Kier alpha value is -0.990. The van der Waals surface area contributed by atoms with Crippen LogP contribution in [0.2, 0.25) is 0 Å². The van der Waals surface area contributed by atoms with Crippen molar-refractivity contribution in [2.75, 3.05) is 0 Å². The van der Waals surface area contributed by atoms with E-state index < -0.39 is 17.8 Å². The van der Waals surface area contributed by atoms with E-state index in [2.05, 4.69) is 0 Å². The average molecular weight is 146 g/mol. The van der Waals surface area contributed by atoms with Gasteiger partial charge in [0.1, 0.15) is 5.82 Å². The summed E-state index contributed by atoms with van der Waals surface area (Å²) in [6.45, 7) is 0. The van der Waals surface area contributed by atoms with Crippen LogP contribution < -0.4 is 0 Å². The van der Waals surface area contributed by atoms with Gasteiger partial charge in [-0.15, -0.1) is 0 Å². The van der Waals surface area contributed by atoms with Crippen molar-refractivity contribution in [3.63, 3.8) is 0 Å². The summed E-state index contributed by atoms with van der Waals surface area (Å²) < 4.78 is 35.9. The number of alkyl halides is 2. The molecule has 0 aliphatic carbocycles. The van der Waals surface area contributed by atoms with Crippen molar-refractivity contribution in [3.8, 4) is 0 Å².